The van der Waals surface area contributed by atoms with E-state index < -0.39 is 0 Å². The van der Waals surface area contributed by atoms with Crippen molar-refractivity contribution in [2.45, 2.75) is 25.7 Å². The SMILES string of the molecule is COc1ccc(NC(=O)N2CCN(c3ccc(N4CCCCCC4)nn3)CC2)cc1OC. The highest BCUT2D eigenvalue weighted by Crippen LogP contribution is 2.30. The van der Waals surface area contributed by atoms with Crippen LogP contribution in [0.1, 0.15) is 25.7 Å². The average Bonchev–Trinajstić information content (AvgIpc) is 3.14. The lowest BCUT2D eigenvalue weighted by molar-refractivity contribution is 0.208. The number of piperazine rings is 1. The van der Waals surface area contributed by atoms with E-state index in [1.165, 1.54) is 25.7 Å². The number of carbonyl (C=O) groups excluding carboxylic acids is 1. The fourth-order valence-electron chi connectivity index (χ4n) is 4.21. The first-order valence-electron chi connectivity index (χ1n) is 11.3. The molecule has 1 aromatic carbocycles. The van der Waals surface area contributed by atoms with Crippen LogP contribution in [-0.2, 0) is 0 Å². The monoisotopic (exact) mass is 440 g/mol. The molecule has 2 aliphatic rings. The van der Waals surface area contributed by atoms with Crippen LogP contribution in [0.2, 0.25) is 0 Å². The number of methoxy groups -OCH3 is 2. The summed E-state index contributed by atoms with van der Waals surface area (Å²) in [5, 5.41) is 11.9. The molecule has 0 unspecified atom stereocenters. The lowest BCUT2D eigenvalue weighted by atomic mass is 10.2. The van der Waals surface area contributed by atoms with Gasteiger partial charge in [0, 0.05) is 51.0 Å². The third-order valence-corrected chi connectivity index (χ3v) is 6.09. The Kier molecular flexibility index (Phi) is 7.14. The Morgan fingerprint density at radius 2 is 1.38 bits per heavy atom. The molecular formula is C23H32N6O3. The minimum Gasteiger partial charge on any atom is -0.493 e. The van der Waals surface area contributed by atoms with E-state index in [0.717, 1.165) is 37.8 Å². The molecule has 0 spiro atoms. The Bertz CT molecular complexity index is 891. The molecule has 2 aliphatic heterocycles. The quantitative estimate of drug-likeness (QED) is 0.764. The molecule has 9 nitrogen and oxygen atoms in total. The largest absolute Gasteiger partial charge is 0.493 e. The Labute approximate surface area is 189 Å². The van der Waals surface area contributed by atoms with Crippen molar-refractivity contribution in [2.24, 2.45) is 0 Å². The first-order chi connectivity index (χ1) is 15.7. The van der Waals surface area contributed by atoms with Gasteiger partial charge in [-0.2, -0.15) is 0 Å². The molecule has 9 heteroatoms. The van der Waals surface area contributed by atoms with Crippen LogP contribution in [0.3, 0.4) is 0 Å². The summed E-state index contributed by atoms with van der Waals surface area (Å²) in [6.45, 7) is 4.79. The fourth-order valence-corrected chi connectivity index (χ4v) is 4.21. The van der Waals surface area contributed by atoms with Gasteiger partial charge in [-0.15, -0.1) is 10.2 Å². The van der Waals surface area contributed by atoms with Crippen LogP contribution in [0, 0.1) is 0 Å². The van der Waals surface area contributed by atoms with Crippen molar-refractivity contribution in [3.05, 3.63) is 30.3 Å². The van der Waals surface area contributed by atoms with E-state index in [-0.39, 0.29) is 6.03 Å². The van der Waals surface area contributed by atoms with E-state index in [9.17, 15) is 4.79 Å². The second-order valence-corrected chi connectivity index (χ2v) is 8.13. The highest BCUT2D eigenvalue weighted by Gasteiger charge is 2.23. The average molecular weight is 441 g/mol. The van der Waals surface area contributed by atoms with Crippen molar-refractivity contribution in [1.29, 1.82) is 0 Å². The summed E-state index contributed by atoms with van der Waals surface area (Å²) < 4.78 is 10.6. The lowest BCUT2D eigenvalue weighted by Crippen LogP contribution is -2.50. The number of ether oxygens (including phenoxy) is 2. The molecule has 2 saturated heterocycles. The van der Waals surface area contributed by atoms with E-state index in [1.807, 2.05) is 11.0 Å². The van der Waals surface area contributed by atoms with Gasteiger partial charge in [0.25, 0.3) is 0 Å². The molecule has 0 radical (unpaired) electrons. The number of nitrogens with one attached hydrogen (secondary N) is 1. The van der Waals surface area contributed by atoms with Crippen molar-refractivity contribution in [1.82, 2.24) is 15.1 Å². The van der Waals surface area contributed by atoms with Gasteiger partial charge in [0.1, 0.15) is 0 Å². The summed E-state index contributed by atoms with van der Waals surface area (Å²) in [6, 6.07) is 9.33. The van der Waals surface area contributed by atoms with Gasteiger partial charge in [-0.1, -0.05) is 12.8 Å². The van der Waals surface area contributed by atoms with E-state index in [0.29, 0.717) is 30.3 Å². The smallest absolute Gasteiger partial charge is 0.321 e. The predicted octanol–water partition coefficient (Wildman–Crippen LogP) is 3.23. The van der Waals surface area contributed by atoms with Crippen molar-refractivity contribution < 1.29 is 14.3 Å². The van der Waals surface area contributed by atoms with Gasteiger partial charge in [0.05, 0.1) is 14.2 Å². The number of anilines is 3. The van der Waals surface area contributed by atoms with Crippen molar-refractivity contribution in [3.8, 4) is 11.5 Å². The normalized spacial score (nSPS) is 17.0. The van der Waals surface area contributed by atoms with E-state index >= 15 is 0 Å². The summed E-state index contributed by atoms with van der Waals surface area (Å²) in [5.74, 6) is 3.03. The fraction of sp³-hybridized carbons (Fsp3) is 0.522. The molecule has 4 rings (SSSR count). The molecule has 1 N–H and O–H groups in total. The zero-order valence-corrected chi connectivity index (χ0v) is 18.9. The van der Waals surface area contributed by atoms with Crippen LogP contribution in [0.15, 0.2) is 30.3 Å². The molecule has 1 aromatic heterocycles. The molecule has 0 saturated carbocycles. The number of amides is 2. The van der Waals surface area contributed by atoms with Gasteiger partial charge in [-0.05, 0) is 37.1 Å². The zero-order valence-electron chi connectivity index (χ0n) is 18.9. The summed E-state index contributed by atoms with van der Waals surface area (Å²) in [5.41, 5.74) is 0.671. The van der Waals surface area contributed by atoms with Gasteiger partial charge in [-0.3, -0.25) is 0 Å². The zero-order chi connectivity index (χ0) is 22.3. The number of carbonyl (C=O) groups is 1. The second-order valence-electron chi connectivity index (χ2n) is 8.13. The lowest BCUT2D eigenvalue weighted by Gasteiger charge is -2.35. The Hall–Kier alpha value is -3.23. The molecule has 172 valence electrons. The van der Waals surface area contributed by atoms with Gasteiger partial charge in [0.2, 0.25) is 0 Å². The van der Waals surface area contributed by atoms with Crippen molar-refractivity contribution in [3.63, 3.8) is 0 Å². The second kappa shape index (κ2) is 10.4. The molecule has 2 fully saturated rings. The van der Waals surface area contributed by atoms with E-state index in [4.69, 9.17) is 9.47 Å². The third-order valence-electron chi connectivity index (χ3n) is 6.09. The molecular weight excluding hydrogens is 408 g/mol. The predicted molar refractivity (Wildman–Crippen MR) is 125 cm³/mol. The summed E-state index contributed by atoms with van der Waals surface area (Å²) >= 11 is 0. The molecule has 0 bridgehead atoms. The van der Waals surface area contributed by atoms with Crippen LogP contribution in [0.4, 0.5) is 22.1 Å². The van der Waals surface area contributed by atoms with Crippen LogP contribution in [0.5, 0.6) is 11.5 Å². The first-order valence-corrected chi connectivity index (χ1v) is 11.3. The topological polar surface area (TPSA) is 83.1 Å². The number of benzene rings is 1. The minimum absolute atomic E-state index is 0.125. The minimum atomic E-state index is -0.125. The number of hydrogen-bond acceptors (Lipinski definition) is 7. The maximum atomic E-state index is 12.7. The Balaban J connectivity index is 1.30. The Morgan fingerprint density at radius 1 is 0.781 bits per heavy atom. The highest BCUT2D eigenvalue weighted by atomic mass is 16.5. The molecule has 2 aromatic rings. The van der Waals surface area contributed by atoms with Crippen LogP contribution in [0.25, 0.3) is 0 Å². The Morgan fingerprint density at radius 3 is 1.94 bits per heavy atom. The van der Waals surface area contributed by atoms with Crippen molar-refractivity contribution >= 4 is 23.4 Å². The summed E-state index contributed by atoms with van der Waals surface area (Å²) in [7, 11) is 3.16. The summed E-state index contributed by atoms with van der Waals surface area (Å²) in [6.07, 6.45) is 5.03. The van der Waals surface area contributed by atoms with Gasteiger partial charge in [0.15, 0.2) is 23.1 Å². The molecule has 32 heavy (non-hydrogen) atoms. The van der Waals surface area contributed by atoms with Gasteiger partial charge < -0.3 is 29.5 Å². The summed E-state index contributed by atoms with van der Waals surface area (Å²) in [4.78, 5) is 19.0. The molecule has 0 aliphatic carbocycles. The van der Waals surface area contributed by atoms with Crippen LogP contribution in [-0.4, -0.2) is 74.6 Å². The number of hydrogen-bond donors (Lipinski definition) is 1. The number of rotatable bonds is 5. The molecule has 3 heterocycles. The highest BCUT2D eigenvalue weighted by molar-refractivity contribution is 5.90. The standard InChI is InChI=1S/C23H32N6O3/c1-31-19-8-7-18(17-20(19)32-2)24-23(30)29-15-13-28(14-16-29)22-10-9-21(25-26-22)27-11-5-3-4-6-12-27/h7-10,17H,3-6,11-16H2,1-2H3,(H,24,30). The van der Waals surface area contributed by atoms with E-state index in [2.05, 4.69) is 31.4 Å². The van der Waals surface area contributed by atoms with Gasteiger partial charge >= 0.3 is 6.03 Å². The van der Waals surface area contributed by atoms with E-state index in [1.54, 1.807) is 32.4 Å². The molecule has 0 atom stereocenters. The van der Waals surface area contributed by atoms with Gasteiger partial charge in [-0.25, -0.2) is 4.79 Å². The third kappa shape index (κ3) is 5.15. The number of nitrogens with zero attached hydrogens (tertiary/aromatic N) is 5. The maximum absolute atomic E-state index is 12.7. The number of aromatic nitrogens is 2. The maximum Gasteiger partial charge on any atom is 0.321 e. The molecule has 2 amide bonds. The van der Waals surface area contributed by atoms with Crippen LogP contribution >= 0.6 is 0 Å². The van der Waals surface area contributed by atoms with Crippen LogP contribution < -0.4 is 24.6 Å². The van der Waals surface area contributed by atoms with Crippen molar-refractivity contribution in [2.75, 3.05) is 68.6 Å². The first kappa shape index (κ1) is 22.0. The number of urea groups is 1.